The molecule has 58 heavy (non-hydrogen) atoms. The quantitative estimate of drug-likeness (QED) is 0.0432. The van der Waals surface area contributed by atoms with Gasteiger partial charge in [-0.25, -0.2) is 0 Å². The molecule has 1 aromatic heterocycles. The molecule has 1 aliphatic heterocycles. The van der Waals surface area contributed by atoms with E-state index in [0.717, 1.165) is 66.3 Å². The number of allylic oxidation sites excluding steroid dienone is 5. The number of unbranched alkanes of at least 4 members (excludes halogenated alkanes) is 2. The van der Waals surface area contributed by atoms with Gasteiger partial charge >= 0.3 is 0 Å². The van der Waals surface area contributed by atoms with E-state index in [2.05, 4.69) is 118 Å². The summed E-state index contributed by atoms with van der Waals surface area (Å²) in [5.74, 6) is -0.524. The fourth-order valence-electron chi connectivity index (χ4n) is 7.25. The summed E-state index contributed by atoms with van der Waals surface area (Å²) in [6.07, 6.45) is 12.3. The Labute approximate surface area is 360 Å². The summed E-state index contributed by atoms with van der Waals surface area (Å²) < 4.78 is 67.7. The molecule has 2 aliphatic rings. The number of thiazole rings is 1. The molecule has 0 bridgehead atoms. The number of para-hydroxylation sites is 2. The Kier molecular flexibility index (Phi) is 14.6. The second kappa shape index (κ2) is 19.4. The number of thioether (sulfide) groups is 1. The summed E-state index contributed by atoms with van der Waals surface area (Å²) in [4.78, 5) is 5.65. The Balaban J connectivity index is 0.00000567. The zero-order chi connectivity index (χ0) is 40.0. The topological polar surface area (TPSA) is 119 Å². The van der Waals surface area contributed by atoms with Crippen molar-refractivity contribution in [3.05, 3.63) is 154 Å². The van der Waals surface area contributed by atoms with Gasteiger partial charge in [0.05, 0.1) is 22.2 Å². The van der Waals surface area contributed by atoms with E-state index in [1.165, 1.54) is 11.1 Å². The number of hydrogen-bond donors (Lipinski definition) is 2. The molecule has 0 spiro atoms. The molecule has 305 valence electrons. The molecule has 2 heterocycles. The van der Waals surface area contributed by atoms with Crippen LogP contribution in [0.5, 0.6) is 0 Å². The second-order valence-electron chi connectivity index (χ2n) is 14.1. The van der Waals surface area contributed by atoms with E-state index < -0.39 is 20.2 Å². The summed E-state index contributed by atoms with van der Waals surface area (Å²) in [7, 11) is -8.05. The molecular weight excluding hydrogens is 854 g/mol. The Morgan fingerprint density at radius 1 is 0.828 bits per heavy atom. The van der Waals surface area contributed by atoms with Crippen LogP contribution in [-0.2, 0) is 43.6 Å². The Bertz CT molecular complexity index is 2550. The average molecular weight is 899 g/mol. The molecule has 4 aromatic carbocycles. The van der Waals surface area contributed by atoms with Crippen LogP contribution in [0.3, 0.4) is 0 Å². The third kappa shape index (κ3) is 11.0. The van der Waals surface area contributed by atoms with Crippen molar-refractivity contribution in [1.29, 1.82) is 0 Å². The van der Waals surface area contributed by atoms with Crippen LogP contribution in [0, 0.1) is 13.0 Å². The molecule has 14 heteroatoms. The van der Waals surface area contributed by atoms with Crippen molar-refractivity contribution in [3.8, 4) is 0 Å². The van der Waals surface area contributed by atoms with E-state index in [1.54, 1.807) is 23.1 Å². The van der Waals surface area contributed by atoms with Gasteiger partial charge in [-0.05, 0) is 98.2 Å². The first-order valence-corrected chi connectivity index (χ1v) is 23.8. The zero-order valence-electron chi connectivity index (χ0n) is 32.0. The number of rotatable bonds is 16. The van der Waals surface area contributed by atoms with E-state index in [1.807, 2.05) is 30.3 Å². The Morgan fingerprint density at radius 3 is 2.17 bits per heavy atom. The maximum atomic E-state index is 11.4. The van der Waals surface area contributed by atoms with Crippen molar-refractivity contribution in [2.75, 3.05) is 27.9 Å². The van der Waals surface area contributed by atoms with E-state index in [-0.39, 0.29) is 28.3 Å². The molecule has 0 unspecified atom stereocenters. The molecule has 0 fully saturated rings. The molecule has 0 amide bonds. The largest absolute Gasteiger partial charge is 0.389 e. The molecule has 0 saturated carbocycles. The van der Waals surface area contributed by atoms with Gasteiger partial charge in [0.1, 0.15) is 4.70 Å². The first-order valence-electron chi connectivity index (χ1n) is 18.9. The van der Waals surface area contributed by atoms with Gasteiger partial charge in [0.15, 0.2) is 6.54 Å². The monoisotopic (exact) mass is 898 g/mol. The summed E-state index contributed by atoms with van der Waals surface area (Å²) in [5.41, 5.74) is 8.81. The predicted octanol–water partition coefficient (Wildman–Crippen LogP) is 9.91. The van der Waals surface area contributed by atoms with Crippen molar-refractivity contribution in [2.45, 2.75) is 56.9 Å². The number of benzene rings is 4. The molecule has 5 aromatic rings. The van der Waals surface area contributed by atoms with Crippen LogP contribution in [0.15, 0.2) is 142 Å². The molecule has 1 aliphatic carbocycles. The first-order chi connectivity index (χ1) is 27.4. The van der Waals surface area contributed by atoms with Crippen LogP contribution in [0.4, 0.5) is 17.1 Å². The van der Waals surface area contributed by atoms with Crippen LogP contribution in [0.2, 0.25) is 0 Å². The van der Waals surface area contributed by atoms with Gasteiger partial charge in [-0.15, -0.1) is 0 Å². The van der Waals surface area contributed by atoms with E-state index in [4.69, 9.17) is 0 Å². The number of anilines is 3. The van der Waals surface area contributed by atoms with Crippen LogP contribution < -0.4 is 14.4 Å². The fourth-order valence-corrected chi connectivity index (χ4v) is 10.5. The minimum atomic E-state index is -4.02. The molecule has 0 atom stereocenters. The molecule has 9 nitrogen and oxygen atoms in total. The van der Waals surface area contributed by atoms with Gasteiger partial charge in [0.2, 0.25) is 5.52 Å². The smallest absolute Gasteiger partial charge is 0.264 e. The number of nitrogens with zero attached hydrogens (tertiary/aromatic N) is 3. The van der Waals surface area contributed by atoms with Gasteiger partial charge in [-0.3, -0.25) is 9.11 Å². The van der Waals surface area contributed by atoms with Gasteiger partial charge in [0, 0.05) is 53.3 Å². The first kappa shape index (κ1) is 43.6. The van der Waals surface area contributed by atoms with E-state index >= 15 is 0 Å². The number of hydrogen-bond acceptors (Lipinski definition) is 8. The summed E-state index contributed by atoms with van der Waals surface area (Å²) in [6.45, 7) is 3.29. The van der Waals surface area contributed by atoms with Crippen LogP contribution in [-0.4, -0.2) is 44.0 Å². The molecule has 1 radical (unpaired) electrons. The zero-order valence-corrected chi connectivity index (χ0v) is 36.3. The number of aromatic nitrogens is 1. The van der Waals surface area contributed by atoms with Crippen molar-refractivity contribution in [3.63, 3.8) is 0 Å². The molecule has 0 saturated heterocycles. The van der Waals surface area contributed by atoms with Gasteiger partial charge in [-0.1, -0.05) is 82.2 Å². The SMILES string of the molecule is Cc1ccc2sc(/C=C/C3=C(N(c4ccccc4)c4ccccc4)C(=C/C=C4\Sc5cc[c-]cc5N4CCCCS(=O)(=O)O)/CC3)[n+](CCCCS(=O)(=O)O)c2c1.[Co]. The van der Waals surface area contributed by atoms with Gasteiger partial charge < -0.3 is 9.80 Å². The average Bonchev–Trinajstić information content (AvgIpc) is 3.86. The third-order valence-corrected chi connectivity index (χ3v) is 13.8. The number of fused-ring (bicyclic) bond motifs is 2. The normalized spacial score (nSPS) is 15.9. The summed E-state index contributed by atoms with van der Waals surface area (Å²) >= 11 is 3.38. The second-order valence-corrected chi connectivity index (χ2v) is 19.4. The van der Waals surface area contributed by atoms with Gasteiger partial charge in [0.25, 0.3) is 25.2 Å². The molecular formula is C44H45CoN3O6S4. The van der Waals surface area contributed by atoms with Crippen LogP contribution in [0.1, 0.15) is 49.1 Å². The van der Waals surface area contributed by atoms with E-state index in [9.17, 15) is 25.9 Å². The fraction of sp³-hybridized carbons (Fsp3) is 0.250. The molecule has 7 rings (SSSR count). The maximum Gasteiger partial charge on any atom is 0.264 e. The standard InChI is InChI=1S/C44H45N3O6S4.Co/c1-33-20-25-41-39(32-33)46(29-11-13-31-57(51,52)53)43(55-41)27-24-35-22-21-34(44(35)47(36-14-4-2-5-15-36)37-16-6-3-7-17-37)23-26-42-45(28-10-12-30-56(48,49)50)38-18-8-9-19-40(38)54-42;/h2-7,9,14-20,23-27,32H,10-13,21-22,28-31H2,1H3,(H,48,49,50)(H,51,52,53);. The minimum absolute atomic E-state index is 0. The minimum Gasteiger partial charge on any atom is -0.389 e. The van der Waals surface area contributed by atoms with Crippen molar-refractivity contribution in [2.24, 2.45) is 0 Å². The Morgan fingerprint density at radius 2 is 1.50 bits per heavy atom. The van der Waals surface area contributed by atoms with Crippen LogP contribution in [0.25, 0.3) is 16.3 Å². The maximum absolute atomic E-state index is 11.4. The van der Waals surface area contributed by atoms with Crippen LogP contribution >= 0.6 is 23.1 Å². The van der Waals surface area contributed by atoms with Crippen molar-refractivity contribution >= 4 is 76.7 Å². The number of aryl methyl sites for hydroxylation is 2. The predicted molar refractivity (Wildman–Crippen MR) is 233 cm³/mol. The summed E-state index contributed by atoms with van der Waals surface area (Å²) in [5, 5.41) is 2.09. The Hall–Kier alpha value is -3.99. The summed E-state index contributed by atoms with van der Waals surface area (Å²) in [6, 6.07) is 36.3. The van der Waals surface area contributed by atoms with Crippen molar-refractivity contribution in [1.82, 2.24) is 0 Å². The van der Waals surface area contributed by atoms with Gasteiger partial charge in [-0.2, -0.15) is 45.7 Å². The molecule has 2 N–H and O–H groups in total. The third-order valence-electron chi connectivity index (χ3n) is 9.91. The van der Waals surface area contributed by atoms with Crippen molar-refractivity contribution < 1.29 is 47.3 Å². The van der Waals surface area contributed by atoms with E-state index in [0.29, 0.717) is 38.8 Å².